The van der Waals surface area contributed by atoms with Gasteiger partial charge in [0, 0.05) is 10.9 Å². The van der Waals surface area contributed by atoms with Crippen LogP contribution >= 0.6 is 0 Å². The smallest absolute Gasteiger partial charge is 0.154 e. The van der Waals surface area contributed by atoms with E-state index in [4.69, 9.17) is 0 Å². The third-order valence-electron chi connectivity index (χ3n) is 4.47. The van der Waals surface area contributed by atoms with Crippen LogP contribution in [-0.4, -0.2) is 11.4 Å². The topological polar surface area (TPSA) is 37.3 Å². The first kappa shape index (κ1) is 15.2. The number of aromatic hydroxyl groups is 1. The maximum Gasteiger partial charge on any atom is 0.154 e. The van der Waals surface area contributed by atoms with Gasteiger partial charge in [-0.1, -0.05) is 84.9 Å². The maximum absolute atomic E-state index is 11.9. The van der Waals surface area contributed by atoms with Crippen molar-refractivity contribution in [3.63, 3.8) is 0 Å². The van der Waals surface area contributed by atoms with E-state index in [9.17, 15) is 9.90 Å². The molecule has 0 saturated carbocycles. The van der Waals surface area contributed by atoms with Crippen molar-refractivity contribution in [2.75, 3.05) is 0 Å². The van der Waals surface area contributed by atoms with Crippen molar-refractivity contribution in [3.8, 4) is 28.0 Å². The fraction of sp³-hybridized carbons (Fsp3) is 0. The lowest BCUT2D eigenvalue weighted by Crippen LogP contribution is -1.95. The molecule has 0 amide bonds. The van der Waals surface area contributed by atoms with Gasteiger partial charge in [0.2, 0.25) is 0 Å². The van der Waals surface area contributed by atoms with Crippen LogP contribution < -0.4 is 0 Å². The molecule has 4 aromatic rings. The molecule has 0 spiro atoms. The lowest BCUT2D eigenvalue weighted by Gasteiger charge is -2.18. The van der Waals surface area contributed by atoms with Crippen LogP contribution in [0.25, 0.3) is 33.0 Å². The summed E-state index contributed by atoms with van der Waals surface area (Å²) >= 11 is 0. The third-order valence-corrected chi connectivity index (χ3v) is 4.47. The molecule has 120 valence electrons. The summed E-state index contributed by atoms with van der Waals surface area (Å²) in [5, 5.41) is 12.3. The molecule has 0 fully saturated rings. The molecule has 0 aliphatic rings. The lowest BCUT2D eigenvalue weighted by molar-refractivity contribution is 0.112. The number of phenolic OH excluding ortho intramolecular Hbond substituents is 1. The lowest BCUT2D eigenvalue weighted by atomic mass is 9.86. The normalized spacial score (nSPS) is 10.7. The molecular formula is C23H16O2. The van der Waals surface area contributed by atoms with Crippen LogP contribution in [0.4, 0.5) is 0 Å². The molecule has 0 atom stereocenters. The van der Waals surface area contributed by atoms with Crippen LogP contribution in [0.2, 0.25) is 0 Å². The summed E-state index contributed by atoms with van der Waals surface area (Å²) in [6, 6.07) is 27.4. The predicted octanol–water partition coefficient (Wildman–Crippen LogP) is 5.69. The van der Waals surface area contributed by atoms with E-state index in [1.54, 1.807) is 0 Å². The van der Waals surface area contributed by atoms with Gasteiger partial charge >= 0.3 is 0 Å². The van der Waals surface area contributed by atoms with Crippen molar-refractivity contribution >= 4 is 17.1 Å². The van der Waals surface area contributed by atoms with Crippen molar-refractivity contribution in [2.45, 2.75) is 0 Å². The summed E-state index contributed by atoms with van der Waals surface area (Å²) in [5.74, 6) is 0.0316. The summed E-state index contributed by atoms with van der Waals surface area (Å²) in [7, 11) is 0. The van der Waals surface area contributed by atoms with Gasteiger partial charge in [-0.25, -0.2) is 0 Å². The third kappa shape index (κ3) is 2.48. The number of aldehydes is 1. The minimum atomic E-state index is 0.0316. The molecule has 0 aliphatic heterocycles. The molecule has 1 N–H and O–H groups in total. The van der Waals surface area contributed by atoms with Gasteiger partial charge in [-0.2, -0.15) is 0 Å². The molecule has 0 aromatic heterocycles. The van der Waals surface area contributed by atoms with Crippen molar-refractivity contribution in [3.05, 3.63) is 90.5 Å². The number of carbonyl (C=O) groups is 1. The molecular weight excluding hydrogens is 308 g/mol. The average Bonchev–Trinajstić information content (AvgIpc) is 2.69. The molecule has 4 aromatic carbocycles. The zero-order valence-electron chi connectivity index (χ0n) is 13.5. The van der Waals surface area contributed by atoms with Gasteiger partial charge in [-0.15, -0.1) is 0 Å². The predicted molar refractivity (Wildman–Crippen MR) is 102 cm³/mol. The Balaban J connectivity index is 2.24. The summed E-state index contributed by atoms with van der Waals surface area (Å²) < 4.78 is 0. The van der Waals surface area contributed by atoms with E-state index in [-0.39, 0.29) is 5.75 Å². The van der Waals surface area contributed by atoms with Crippen LogP contribution in [0, 0.1) is 0 Å². The molecule has 0 unspecified atom stereocenters. The van der Waals surface area contributed by atoms with Crippen LogP contribution in [0.15, 0.2) is 84.9 Å². The summed E-state index contributed by atoms with van der Waals surface area (Å²) in [4.78, 5) is 11.9. The summed E-state index contributed by atoms with van der Waals surface area (Å²) in [6.45, 7) is 0. The number of carbonyl (C=O) groups excluding carboxylic acids is 1. The summed E-state index contributed by atoms with van der Waals surface area (Å²) in [6.07, 6.45) is 0.747. The number of hydrogen-bond donors (Lipinski definition) is 1. The minimum Gasteiger partial charge on any atom is -0.507 e. The fourth-order valence-electron chi connectivity index (χ4n) is 3.36. The highest BCUT2D eigenvalue weighted by molar-refractivity contribution is 6.13. The highest BCUT2D eigenvalue weighted by atomic mass is 16.3. The number of hydrogen-bond acceptors (Lipinski definition) is 2. The molecule has 0 saturated heterocycles. The second-order valence-corrected chi connectivity index (χ2v) is 5.91. The van der Waals surface area contributed by atoms with Crippen LogP contribution in [0.5, 0.6) is 5.75 Å². The molecule has 2 nitrogen and oxygen atoms in total. The first-order valence-corrected chi connectivity index (χ1v) is 8.15. The van der Waals surface area contributed by atoms with Gasteiger partial charge in [0.1, 0.15) is 5.75 Å². The molecule has 0 heterocycles. The van der Waals surface area contributed by atoms with Crippen molar-refractivity contribution in [1.29, 1.82) is 0 Å². The van der Waals surface area contributed by atoms with E-state index in [0.717, 1.165) is 33.9 Å². The minimum absolute atomic E-state index is 0.0316. The van der Waals surface area contributed by atoms with Crippen LogP contribution in [-0.2, 0) is 0 Å². The number of phenols is 1. The largest absolute Gasteiger partial charge is 0.507 e. The molecule has 0 bridgehead atoms. The number of benzene rings is 4. The maximum atomic E-state index is 11.9. The van der Waals surface area contributed by atoms with E-state index in [1.807, 2.05) is 84.9 Å². The molecule has 2 heteroatoms. The Morgan fingerprint density at radius 1 is 0.600 bits per heavy atom. The highest BCUT2D eigenvalue weighted by Crippen LogP contribution is 2.44. The first-order valence-electron chi connectivity index (χ1n) is 8.15. The Bertz CT molecular complexity index is 1050. The zero-order chi connectivity index (χ0) is 17.2. The van der Waals surface area contributed by atoms with Crippen molar-refractivity contribution in [2.24, 2.45) is 0 Å². The van der Waals surface area contributed by atoms with Crippen molar-refractivity contribution < 1.29 is 9.90 Å². The molecule has 0 aliphatic carbocycles. The SMILES string of the molecule is O=Cc1c(-c2ccccc2)c(-c2ccccc2)c2ccccc2c1O. The summed E-state index contributed by atoms with van der Waals surface area (Å²) in [5.41, 5.74) is 3.97. The molecule has 0 radical (unpaired) electrons. The quantitative estimate of drug-likeness (QED) is 0.491. The van der Waals surface area contributed by atoms with Gasteiger partial charge < -0.3 is 5.11 Å². The van der Waals surface area contributed by atoms with Gasteiger partial charge in [0.15, 0.2) is 6.29 Å². The average molecular weight is 324 g/mol. The van der Waals surface area contributed by atoms with Gasteiger partial charge in [-0.3, -0.25) is 4.79 Å². The number of rotatable bonds is 3. The van der Waals surface area contributed by atoms with E-state index >= 15 is 0 Å². The molecule has 4 rings (SSSR count). The second-order valence-electron chi connectivity index (χ2n) is 5.91. The van der Waals surface area contributed by atoms with E-state index in [2.05, 4.69) is 0 Å². The van der Waals surface area contributed by atoms with Gasteiger partial charge in [0.25, 0.3) is 0 Å². The van der Waals surface area contributed by atoms with E-state index < -0.39 is 0 Å². The van der Waals surface area contributed by atoms with E-state index in [1.165, 1.54) is 0 Å². The monoisotopic (exact) mass is 324 g/mol. The Morgan fingerprint density at radius 3 is 1.64 bits per heavy atom. The van der Waals surface area contributed by atoms with Gasteiger partial charge in [0.05, 0.1) is 5.56 Å². The molecule has 25 heavy (non-hydrogen) atoms. The Kier molecular flexibility index (Phi) is 3.79. The van der Waals surface area contributed by atoms with E-state index in [0.29, 0.717) is 10.9 Å². The zero-order valence-corrected chi connectivity index (χ0v) is 13.5. The Labute approximate surface area is 146 Å². The van der Waals surface area contributed by atoms with Gasteiger partial charge in [-0.05, 0) is 22.1 Å². The Morgan fingerprint density at radius 2 is 1.08 bits per heavy atom. The van der Waals surface area contributed by atoms with Crippen molar-refractivity contribution in [1.82, 2.24) is 0 Å². The number of fused-ring (bicyclic) bond motifs is 1. The first-order chi connectivity index (χ1) is 12.3. The van der Waals surface area contributed by atoms with Crippen LogP contribution in [0.3, 0.4) is 0 Å². The standard InChI is InChI=1S/C23H16O2/c24-15-20-22(17-11-5-2-6-12-17)21(16-9-3-1-4-10-16)18-13-7-8-14-19(18)23(20)25/h1-15,25H. The highest BCUT2D eigenvalue weighted by Gasteiger charge is 2.20. The second kappa shape index (κ2) is 6.25. The Hall–Kier alpha value is -3.39. The van der Waals surface area contributed by atoms with Crippen LogP contribution in [0.1, 0.15) is 10.4 Å². The fourth-order valence-corrected chi connectivity index (χ4v) is 3.36.